The molecule has 0 saturated carbocycles. The second-order valence-corrected chi connectivity index (χ2v) is 8.51. The molecule has 0 saturated heterocycles. The maximum absolute atomic E-state index is 11.9. The van der Waals surface area contributed by atoms with Gasteiger partial charge in [-0.15, -0.1) is 11.3 Å². The van der Waals surface area contributed by atoms with E-state index in [0.29, 0.717) is 0 Å². The molecule has 0 radical (unpaired) electrons. The summed E-state index contributed by atoms with van der Waals surface area (Å²) in [5.74, 6) is -1.28. The summed E-state index contributed by atoms with van der Waals surface area (Å²) in [6.07, 6.45) is 3.90. The number of para-hydroxylation sites is 1. The van der Waals surface area contributed by atoms with Gasteiger partial charge in [-0.25, -0.2) is 13.2 Å². The van der Waals surface area contributed by atoms with Crippen LogP contribution in [0.25, 0.3) is 6.08 Å². The van der Waals surface area contributed by atoms with Crippen LogP contribution in [0.15, 0.2) is 47.4 Å². The molecule has 0 spiro atoms. The number of benzene rings is 1. The van der Waals surface area contributed by atoms with Crippen molar-refractivity contribution in [1.82, 2.24) is 0 Å². The summed E-state index contributed by atoms with van der Waals surface area (Å²) in [7, 11) is -3.48. The van der Waals surface area contributed by atoms with Gasteiger partial charge in [0.2, 0.25) is 0 Å². The van der Waals surface area contributed by atoms with Crippen molar-refractivity contribution in [3.8, 4) is 0 Å². The summed E-state index contributed by atoms with van der Waals surface area (Å²) in [6.45, 7) is 1.45. The normalized spacial score (nSPS) is 11.4. The molecular formula is C17H17NO5S2. The first kappa shape index (κ1) is 18.9. The van der Waals surface area contributed by atoms with Crippen molar-refractivity contribution in [1.29, 1.82) is 0 Å². The van der Waals surface area contributed by atoms with E-state index < -0.39 is 28.3 Å². The minimum absolute atomic E-state index is 0.00244. The predicted molar refractivity (Wildman–Crippen MR) is 97.2 cm³/mol. The molecule has 0 aliphatic rings. The Morgan fingerprint density at radius 1 is 1.20 bits per heavy atom. The third-order valence-corrected chi connectivity index (χ3v) is 5.17. The van der Waals surface area contributed by atoms with Gasteiger partial charge in [0.25, 0.3) is 5.91 Å². The first-order valence-electron chi connectivity index (χ1n) is 7.26. The van der Waals surface area contributed by atoms with Crippen LogP contribution in [0.1, 0.15) is 9.75 Å². The van der Waals surface area contributed by atoms with Gasteiger partial charge in [-0.1, -0.05) is 12.1 Å². The number of hydrogen-bond acceptors (Lipinski definition) is 6. The zero-order chi connectivity index (χ0) is 18.4. The molecule has 2 rings (SSSR count). The molecule has 2 aromatic rings. The van der Waals surface area contributed by atoms with Crippen LogP contribution in [0.5, 0.6) is 0 Å². The Kier molecular flexibility index (Phi) is 6.11. The first-order chi connectivity index (χ1) is 11.8. The van der Waals surface area contributed by atoms with E-state index in [9.17, 15) is 18.0 Å². The number of amides is 1. The molecule has 1 amide bonds. The number of rotatable bonds is 6. The van der Waals surface area contributed by atoms with E-state index in [1.54, 1.807) is 18.2 Å². The molecule has 0 fully saturated rings. The van der Waals surface area contributed by atoms with E-state index in [-0.39, 0.29) is 10.6 Å². The molecule has 1 heterocycles. The fraction of sp³-hybridized carbons (Fsp3) is 0.176. The van der Waals surface area contributed by atoms with Crippen LogP contribution >= 0.6 is 11.3 Å². The molecule has 6 nitrogen and oxygen atoms in total. The molecule has 25 heavy (non-hydrogen) atoms. The number of nitrogens with one attached hydrogen (secondary N) is 1. The molecule has 132 valence electrons. The maximum atomic E-state index is 11.9. The predicted octanol–water partition coefficient (Wildman–Crippen LogP) is 2.66. The highest BCUT2D eigenvalue weighted by Crippen LogP contribution is 2.20. The van der Waals surface area contributed by atoms with E-state index in [4.69, 9.17) is 4.74 Å². The summed E-state index contributed by atoms with van der Waals surface area (Å²) in [5.41, 5.74) is 0.149. The molecule has 1 aromatic carbocycles. The highest BCUT2D eigenvalue weighted by Gasteiger charge is 2.15. The van der Waals surface area contributed by atoms with Gasteiger partial charge in [0.05, 0.1) is 10.6 Å². The SMILES string of the molecule is Cc1ccc(/C=C/C(=O)OCC(=O)Nc2ccccc2S(C)(=O)=O)s1. The Balaban J connectivity index is 1.91. The zero-order valence-corrected chi connectivity index (χ0v) is 15.3. The van der Waals surface area contributed by atoms with Gasteiger partial charge in [-0.05, 0) is 37.3 Å². The van der Waals surface area contributed by atoms with Crippen molar-refractivity contribution < 1.29 is 22.7 Å². The van der Waals surface area contributed by atoms with Gasteiger partial charge in [0.15, 0.2) is 16.4 Å². The molecule has 0 aliphatic heterocycles. The van der Waals surface area contributed by atoms with Gasteiger partial charge < -0.3 is 10.1 Å². The second-order valence-electron chi connectivity index (χ2n) is 5.21. The van der Waals surface area contributed by atoms with E-state index in [1.165, 1.54) is 29.5 Å². The molecule has 0 unspecified atom stereocenters. The number of carbonyl (C=O) groups is 2. The maximum Gasteiger partial charge on any atom is 0.331 e. The number of carbonyl (C=O) groups excluding carboxylic acids is 2. The van der Waals surface area contributed by atoms with E-state index in [2.05, 4.69) is 5.32 Å². The van der Waals surface area contributed by atoms with Crippen molar-refractivity contribution in [2.24, 2.45) is 0 Å². The van der Waals surface area contributed by atoms with Crippen molar-refractivity contribution in [3.63, 3.8) is 0 Å². The Hall–Kier alpha value is -2.45. The lowest BCUT2D eigenvalue weighted by molar-refractivity contribution is -0.142. The number of ether oxygens (including phenoxy) is 1. The zero-order valence-electron chi connectivity index (χ0n) is 13.7. The van der Waals surface area contributed by atoms with Crippen molar-refractivity contribution >= 4 is 44.8 Å². The van der Waals surface area contributed by atoms with Crippen LogP contribution in [0.3, 0.4) is 0 Å². The van der Waals surface area contributed by atoms with Crippen molar-refractivity contribution in [3.05, 3.63) is 52.2 Å². The summed E-state index contributed by atoms with van der Waals surface area (Å²) in [6, 6.07) is 9.82. The molecule has 0 atom stereocenters. The van der Waals surface area contributed by atoms with Gasteiger partial charge >= 0.3 is 5.97 Å². The minimum atomic E-state index is -3.48. The second kappa shape index (κ2) is 8.09. The van der Waals surface area contributed by atoms with Gasteiger partial charge in [-0.2, -0.15) is 0 Å². The van der Waals surface area contributed by atoms with Gasteiger partial charge in [0, 0.05) is 22.1 Å². The largest absolute Gasteiger partial charge is 0.452 e. The molecule has 0 aliphatic carbocycles. The molecule has 8 heteroatoms. The van der Waals surface area contributed by atoms with Crippen LogP contribution < -0.4 is 5.32 Å². The van der Waals surface area contributed by atoms with Crippen LogP contribution in [0.4, 0.5) is 5.69 Å². The number of thiophene rings is 1. The monoisotopic (exact) mass is 379 g/mol. The third kappa shape index (κ3) is 5.84. The lowest BCUT2D eigenvalue weighted by Gasteiger charge is -2.09. The molecule has 1 N–H and O–H groups in total. The lowest BCUT2D eigenvalue weighted by atomic mass is 10.3. The first-order valence-corrected chi connectivity index (χ1v) is 9.97. The average Bonchev–Trinajstić information content (AvgIpc) is 2.96. The topological polar surface area (TPSA) is 89.5 Å². The van der Waals surface area contributed by atoms with Crippen LogP contribution in [0, 0.1) is 6.92 Å². The van der Waals surface area contributed by atoms with Crippen molar-refractivity contribution in [2.45, 2.75) is 11.8 Å². The number of anilines is 1. The number of sulfone groups is 1. The fourth-order valence-corrected chi connectivity index (χ4v) is 3.58. The third-order valence-electron chi connectivity index (χ3n) is 3.05. The van der Waals surface area contributed by atoms with Gasteiger partial charge in [-0.3, -0.25) is 4.79 Å². The van der Waals surface area contributed by atoms with Crippen LogP contribution in [-0.2, 0) is 24.2 Å². The number of aryl methyl sites for hydroxylation is 1. The van der Waals surface area contributed by atoms with E-state index >= 15 is 0 Å². The summed E-state index contributed by atoms with van der Waals surface area (Å²) >= 11 is 1.53. The summed E-state index contributed by atoms with van der Waals surface area (Å²) in [4.78, 5) is 25.5. The molecular weight excluding hydrogens is 362 g/mol. The summed E-state index contributed by atoms with van der Waals surface area (Å²) < 4.78 is 28.2. The fourth-order valence-electron chi connectivity index (χ4n) is 1.96. The average molecular weight is 379 g/mol. The van der Waals surface area contributed by atoms with Crippen LogP contribution in [0.2, 0.25) is 0 Å². The highest BCUT2D eigenvalue weighted by atomic mass is 32.2. The Morgan fingerprint density at radius 2 is 1.92 bits per heavy atom. The van der Waals surface area contributed by atoms with E-state index in [1.807, 2.05) is 19.1 Å². The van der Waals surface area contributed by atoms with Crippen LogP contribution in [-0.4, -0.2) is 33.2 Å². The quantitative estimate of drug-likeness (QED) is 0.616. The smallest absolute Gasteiger partial charge is 0.331 e. The standard InChI is InChI=1S/C17H17NO5S2/c1-12-7-8-13(24-12)9-10-17(20)23-11-16(19)18-14-5-3-4-6-15(14)25(2,21)22/h3-10H,11H2,1-2H3,(H,18,19)/b10-9+. The minimum Gasteiger partial charge on any atom is -0.452 e. The number of hydrogen-bond donors (Lipinski definition) is 1. The van der Waals surface area contributed by atoms with Gasteiger partial charge in [0.1, 0.15) is 0 Å². The Morgan fingerprint density at radius 3 is 2.56 bits per heavy atom. The Bertz CT molecular complexity index is 913. The number of esters is 1. The van der Waals surface area contributed by atoms with Crippen molar-refractivity contribution in [2.75, 3.05) is 18.2 Å². The lowest BCUT2D eigenvalue weighted by Crippen LogP contribution is -2.21. The highest BCUT2D eigenvalue weighted by molar-refractivity contribution is 7.90. The summed E-state index contributed by atoms with van der Waals surface area (Å²) in [5, 5.41) is 2.43. The molecule has 1 aromatic heterocycles. The molecule has 0 bridgehead atoms. The Labute approximate surface area is 150 Å². The van der Waals surface area contributed by atoms with E-state index in [0.717, 1.165) is 16.0 Å².